The molecule has 2 atom stereocenters. The molecular formula is C16H26N4O4. The number of hydrogen-bond acceptors (Lipinski definition) is 4. The first-order chi connectivity index (χ1) is 11.5. The highest BCUT2D eigenvalue weighted by Crippen LogP contribution is 2.28. The molecule has 0 radical (unpaired) electrons. The summed E-state index contributed by atoms with van der Waals surface area (Å²) in [5.41, 5.74) is 0. The highest BCUT2D eigenvalue weighted by atomic mass is 16.5. The van der Waals surface area contributed by atoms with Crippen molar-refractivity contribution in [1.29, 1.82) is 0 Å². The van der Waals surface area contributed by atoms with Gasteiger partial charge in [0.2, 0.25) is 11.8 Å². The topological polar surface area (TPSA) is 102 Å². The molecule has 0 spiro atoms. The summed E-state index contributed by atoms with van der Waals surface area (Å²) in [5, 5.41) is 16.4. The summed E-state index contributed by atoms with van der Waals surface area (Å²) >= 11 is 0. The third-order valence-corrected chi connectivity index (χ3v) is 5.49. The Kier molecular flexibility index (Phi) is 4.93. The smallest absolute Gasteiger partial charge is 0.344 e. The van der Waals surface area contributed by atoms with Gasteiger partial charge in [-0.25, -0.2) is 9.86 Å². The van der Waals surface area contributed by atoms with Crippen molar-refractivity contribution in [2.24, 2.45) is 5.92 Å². The summed E-state index contributed by atoms with van der Waals surface area (Å²) in [6.07, 6.45) is 4.76. The third kappa shape index (κ3) is 3.48. The first-order valence-corrected chi connectivity index (χ1v) is 8.79. The highest BCUT2D eigenvalue weighted by molar-refractivity contribution is 5.79. The number of rotatable bonds is 4. The molecule has 2 bridgehead atoms. The van der Waals surface area contributed by atoms with Crippen LogP contribution in [-0.2, 0) is 9.59 Å². The largest absolute Gasteiger partial charge is 0.354 e. The van der Waals surface area contributed by atoms with E-state index in [2.05, 4.69) is 10.6 Å². The lowest BCUT2D eigenvalue weighted by Gasteiger charge is -2.32. The minimum Gasteiger partial charge on any atom is -0.354 e. The van der Waals surface area contributed by atoms with Crippen molar-refractivity contribution < 1.29 is 19.6 Å². The van der Waals surface area contributed by atoms with Crippen LogP contribution in [0.4, 0.5) is 4.79 Å². The quantitative estimate of drug-likeness (QED) is 0.648. The van der Waals surface area contributed by atoms with Gasteiger partial charge in [0.1, 0.15) is 0 Å². The van der Waals surface area contributed by atoms with Crippen molar-refractivity contribution in [3.63, 3.8) is 0 Å². The van der Waals surface area contributed by atoms with Crippen LogP contribution in [0, 0.1) is 5.92 Å². The van der Waals surface area contributed by atoms with Crippen LogP contribution in [-0.4, -0.2) is 64.2 Å². The Morgan fingerprint density at radius 1 is 1.17 bits per heavy atom. The average molecular weight is 338 g/mol. The number of urea groups is 1. The Morgan fingerprint density at radius 2 is 1.88 bits per heavy atom. The Labute approximate surface area is 141 Å². The fourth-order valence-corrected chi connectivity index (χ4v) is 4.09. The fourth-order valence-electron chi connectivity index (χ4n) is 4.09. The summed E-state index contributed by atoms with van der Waals surface area (Å²) in [6, 6.07) is -0.314. The van der Waals surface area contributed by atoms with Crippen molar-refractivity contribution in [1.82, 2.24) is 20.6 Å². The van der Waals surface area contributed by atoms with Crippen molar-refractivity contribution in [3.05, 3.63) is 0 Å². The molecule has 3 rings (SSSR count). The maximum atomic E-state index is 12.4. The zero-order valence-electron chi connectivity index (χ0n) is 14.0. The number of fused-ring (bicyclic) bond motifs is 2. The lowest BCUT2D eigenvalue weighted by atomic mass is 9.85. The van der Waals surface area contributed by atoms with E-state index < -0.39 is 0 Å². The van der Waals surface area contributed by atoms with Crippen LogP contribution in [0.25, 0.3) is 0 Å². The first-order valence-electron chi connectivity index (χ1n) is 8.79. The Balaban J connectivity index is 1.43. The van der Waals surface area contributed by atoms with Gasteiger partial charge < -0.3 is 15.5 Å². The van der Waals surface area contributed by atoms with Crippen molar-refractivity contribution >= 4 is 17.8 Å². The third-order valence-electron chi connectivity index (χ3n) is 5.49. The van der Waals surface area contributed by atoms with Crippen LogP contribution < -0.4 is 10.6 Å². The SMILES string of the molecule is CC(=O)NC1CCC(C(=O)NC[C@@H]2CC[C@@H]3CN2C(=O)N3O)CC1. The van der Waals surface area contributed by atoms with Gasteiger partial charge in [-0.05, 0) is 38.5 Å². The van der Waals surface area contributed by atoms with E-state index in [1.807, 2.05) is 0 Å². The first kappa shape index (κ1) is 17.0. The molecule has 3 fully saturated rings. The molecule has 0 aromatic carbocycles. The molecule has 2 saturated heterocycles. The second-order valence-corrected chi connectivity index (χ2v) is 7.16. The lowest BCUT2D eigenvalue weighted by molar-refractivity contribution is -0.126. The van der Waals surface area contributed by atoms with Crippen LogP contribution in [0.3, 0.4) is 0 Å². The van der Waals surface area contributed by atoms with E-state index in [0.717, 1.165) is 43.6 Å². The molecule has 8 nitrogen and oxygen atoms in total. The number of amides is 4. The maximum absolute atomic E-state index is 12.4. The number of carbonyl (C=O) groups is 3. The maximum Gasteiger partial charge on any atom is 0.344 e. The standard InChI is InChI=1S/C16H26N4O4/c1-10(21)18-12-4-2-11(3-5-12)15(22)17-8-13-6-7-14-9-19(13)16(23)20(14)24/h11-14,24H,2-9H2,1H3,(H,17,22)(H,18,21)/t11?,12?,13-,14+/m0/s1. The second-order valence-electron chi connectivity index (χ2n) is 7.16. The number of piperidine rings is 1. The van der Waals surface area contributed by atoms with Gasteiger partial charge in [-0.1, -0.05) is 0 Å². The Bertz CT molecular complexity index is 518. The molecule has 3 N–H and O–H groups in total. The van der Waals surface area contributed by atoms with Crippen LogP contribution in [0.1, 0.15) is 45.4 Å². The fraction of sp³-hybridized carbons (Fsp3) is 0.812. The number of hydroxylamine groups is 2. The van der Waals surface area contributed by atoms with E-state index in [1.54, 1.807) is 4.90 Å². The summed E-state index contributed by atoms with van der Waals surface area (Å²) in [5.74, 6) is -0.00687. The van der Waals surface area contributed by atoms with E-state index in [4.69, 9.17) is 0 Å². The molecule has 2 aliphatic heterocycles. The van der Waals surface area contributed by atoms with Gasteiger partial charge in [0.15, 0.2) is 0 Å². The minimum atomic E-state index is -0.354. The molecule has 0 aromatic heterocycles. The predicted molar refractivity (Wildman–Crippen MR) is 85.1 cm³/mol. The normalized spacial score (nSPS) is 32.7. The molecule has 8 heteroatoms. The molecule has 134 valence electrons. The van der Waals surface area contributed by atoms with Gasteiger partial charge in [0.25, 0.3) is 0 Å². The van der Waals surface area contributed by atoms with Gasteiger partial charge in [0.05, 0.1) is 12.1 Å². The van der Waals surface area contributed by atoms with Crippen LogP contribution in [0.2, 0.25) is 0 Å². The predicted octanol–water partition coefficient (Wildman–Crippen LogP) is 0.455. The number of nitrogens with one attached hydrogen (secondary N) is 2. The molecule has 1 aliphatic carbocycles. The van der Waals surface area contributed by atoms with Crippen LogP contribution in [0.15, 0.2) is 0 Å². The van der Waals surface area contributed by atoms with Gasteiger partial charge in [-0.15, -0.1) is 0 Å². The van der Waals surface area contributed by atoms with E-state index in [1.165, 1.54) is 6.92 Å². The summed E-state index contributed by atoms with van der Waals surface area (Å²) in [7, 11) is 0. The second kappa shape index (κ2) is 6.96. The molecule has 0 aromatic rings. The zero-order chi connectivity index (χ0) is 17.3. The zero-order valence-corrected chi connectivity index (χ0v) is 14.0. The molecule has 2 heterocycles. The van der Waals surface area contributed by atoms with Gasteiger partial charge in [-0.2, -0.15) is 0 Å². The van der Waals surface area contributed by atoms with E-state index in [9.17, 15) is 19.6 Å². The number of nitrogens with zero attached hydrogens (tertiary/aromatic N) is 2. The molecule has 4 amide bonds. The van der Waals surface area contributed by atoms with Crippen molar-refractivity contribution in [2.75, 3.05) is 13.1 Å². The van der Waals surface area contributed by atoms with Crippen LogP contribution >= 0.6 is 0 Å². The monoisotopic (exact) mass is 338 g/mol. The number of carbonyl (C=O) groups excluding carboxylic acids is 3. The summed E-state index contributed by atoms with van der Waals surface area (Å²) in [6.45, 7) is 2.50. The van der Waals surface area contributed by atoms with Crippen molar-refractivity contribution in [3.8, 4) is 0 Å². The molecule has 3 aliphatic rings. The lowest BCUT2D eigenvalue weighted by Crippen LogP contribution is -2.48. The Hall–Kier alpha value is -1.83. The highest BCUT2D eigenvalue weighted by Gasteiger charge is 2.44. The van der Waals surface area contributed by atoms with E-state index in [-0.39, 0.29) is 41.9 Å². The van der Waals surface area contributed by atoms with Crippen LogP contribution in [0.5, 0.6) is 0 Å². The average Bonchev–Trinajstić information content (AvgIpc) is 2.79. The number of hydrogen-bond donors (Lipinski definition) is 3. The summed E-state index contributed by atoms with van der Waals surface area (Å²) in [4.78, 5) is 37.0. The minimum absolute atomic E-state index is 0.0185. The molecular weight excluding hydrogens is 312 g/mol. The molecule has 1 saturated carbocycles. The molecule has 24 heavy (non-hydrogen) atoms. The molecule has 0 unspecified atom stereocenters. The Morgan fingerprint density at radius 3 is 2.54 bits per heavy atom. The van der Waals surface area contributed by atoms with E-state index >= 15 is 0 Å². The van der Waals surface area contributed by atoms with E-state index in [0.29, 0.717) is 13.1 Å². The summed E-state index contributed by atoms with van der Waals surface area (Å²) < 4.78 is 0. The van der Waals surface area contributed by atoms with Gasteiger partial charge in [-0.3, -0.25) is 14.8 Å². The van der Waals surface area contributed by atoms with Crippen molar-refractivity contribution in [2.45, 2.75) is 63.6 Å². The van der Waals surface area contributed by atoms with Gasteiger partial charge >= 0.3 is 6.03 Å². The van der Waals surface area contributed by atoms with Gasteiger partial charge in [0, 0.05) is 32.0 Å².